The molecule has 0 unspecified atom stereocenters. The molecule has 16 heavy (non-hydrogen) atoms. The second kappa shape index (κ2) is 4.31. The molecule has 0 radical (unpaired) electrons. The average Bonchev–Trinajstić information content (AvgIpc) is 2.61. The Morgan fingerprint density at radius 1 is 1.25 bits per heavy atom. The smallest absolute Gasteiger partial charge is 0.416 e. The highest BCUT2D eigenvalue weighted by Crippen LogP contribution is 2.30. The van der Waals surface area contributed by atoms with E-state index in [0.717, 1.165) is 15.7 Å². The van der Waals surface area contributed by atoms with E-state index in [0.29, 0.717) is 9.63 Å². The molecular formula is C11H7BrClNO2. The van der Waals surface area contributed by atoms with E-state index in [9.17, 15) is 4.79 Å². The van der Waals surface area contributed by atoms with Gasteiger partial charge < -0.3 is 5.11 Å². The molecule has 2 rings (SSSR count). The van der Waals surface area contributed by atoms with Gasteiger partial charge in [0, 0.05) is 16.8 Å². The molecule has 0 aliphatic heterocycles. The van der Waals surface area contributed by atoms with Gasteiger partial charge in [-0.2, -0.15) is 0 Å². The van der Waals surface area contributed by atoms with E-state index < -0.39 is 6.09 Å². The van der Waals surface area contributed by atoms with Crippen molar-refractivity contribution < 1.29 is 9.90 Å². The topological polar surface area (TPSA) is 42.2 Å². The summed E-state index contributed by atoms with van der Waals surface area (Å²) in [6.07, 6.45) is 0.475. The highest BCUT2D eigenvalue weighted by molar-refractivity contribution is 9.10. The summed E-state index contributed by atoms with van der Waals surface area (Å²) < 4.78 is 1.63. The Labute approximate surface area is 105 Å². The van der Waals surface area contributed by atoms with Crippen LogP contribution in [0.3, 0.4) is 0 Å². The Morgan fingerprint density at radius 3 is 2.38 bits per heavy atom. The third kappa shape index (κ3) is 1.99. The first kappa shape index (κ1) is 11.2. The lowest BCUT2D eigenvalue weighted by molar-refractivity contribution is 0.196. The van der Waals surface area contributed by atoms with Crippen molar-refractivity contribution in [1.29, 1.82) is 0 Å². The number of halogens is 2. The minimum atomic E-state index is -1.02. The van der Waals surface area contributed by atoms with Crippen LogP contribution >= 0.6 is 27.5 Å². The lowest BCUT2D eigenvalue weighted by Crippen LogP contribution is -2.05. The van der Waals surface area contributed by atoms with E-state index in [1.807, 2.05) is 12.1 Å². The lowest BCUT2D eigenvalue weighted by Gasteiger charge is -2.01. The molecule has 0 fully saturated rings. The van der Waals surface area contributed by atoms with Crippen LogP contribution < -0.4 is 0 Å². The number of hydrogen-bond donors (Lipinski definition) is 1. The Bertz CT molecular complexity index is 533. The molecule has 1 aromatic heterocycles. The summed E-state index contributed by atoms with van der Waals surface area (Å²) in [5.74, 6) is 0. The molecule has 2 aromatic rings. The third-order valence-electron chi connectivity index (χ3n) is 2.19. The molecule has 5 heteroatoms. The van der Waals surface area contributed by atoms with Crippen molar-refractivity contribution in [3.63, 3.8) is 0 Å². The molecule has 1 heterocycles. The second-order valence-corrected chi connectivity index (χ2v) is 4.37. The van der Waals surface area contributed by atoms with Crippen LogP contribution in [0.4, 0.5) is 4.79 Å². The van der Waals surface area contributed by atoms with E-state index in [4.69, 9.17) is 16.7 Å². The number of carbonyl (C=O) groups is 1. The van der Waals surface area contributed by atoms with E-state index in [2.05, 4.69) is 15.9 Å². The second-order valence-electron chi connectivity index (χ2n) is 3.18. The first-order valence-corrected chi connectivity index (χ1v) is 5.63. The van der Waals surface area contributed by atoms with Crippen LogP contribution in [0, 0.1) is 0 Å². The van der Waals surface area contributed by atoms with Crippen molar-refractivity contribution in [2.45, 2.75) is 0 Å². The fourth-order valence-corrected chi connectivity index (χ4v) is 2.16. The Hall–Kier alpha value is -1.26. The highest BCUT2D eigenvalue weighted by atomic mass is 79.9. The van der Waals surface area contributed by atoms with Crippen molar-refractivity contribution in [2.24, 2.45) is 0 Å². The molecule has 0 spiro atoms. The van der Waals surface area contributed by atoms with Gasteiger partial charge in [-0.25, -0.2) is 9.36 Å². The monoisotopic (exact) mass is 299 g/mol. The van der Waals surface area contributed by atoms with Crippen molar-refractivity contribution >= 4 is 33.6 Å². The van der Waals surface area contributed by atoms with Gasteiger partial charge in [0.25, 0.3) is 0 Å². The van der Waals surface area contributed by atoms with Gasteiger partial charge in [-0.15, -0.1) is 0 Å². The molecule has 82 valence electrons. The predicted octanol–water partition coefficient (Wildman–Crippen LogP) is 4.10. The SMILES string of the molecule is O=C(O)n1ccc(-c2ccc(Cl)cc2)c1Br. The summed E-state index contributed by atoms with van der Waals surface area (Å²) in [4.78, 5) is 10.8. The summed E-state index contributed by atoms with van der Waals surface area (Å²) in [5, 5.41) is 9.53. The van der Waals surface area contributed by atoms with Gasteiger partial charge in [-0.3, -0.25) is 0 Å². The molecule has 3 nitrogen and oxygen atoms in total. The Morgan fingerprint density at radius 2 is 1.88 bits per heavy atom. The maximum Gasteiger partial charge on any atom is 0.416 e. The van der Waals surface area contributed by atoms with Gasteiger partial charge in [0.2, 0.25) is 0 Å². The van der Waals surface area contributed by atoms with Crippen molar-refractivity contribution in [3.8, 4) is 11.1 Å². The highest BCUT2D eigenvalue weighted by Gasteiger charge is 2.12. The number of nitrogens with zero attached hydrogens (tertiary/aromatic N) is 1. The summed E-state index contributed by atoms with van der Waals surface area (Å²) in [6, 6.07) is 8.95. The largest absolute Gasteiger partial charge is 0.464 e. The van der Waals surface area contributed by atoms with Crippen LogP contribution in [0.25, 0.3) is 11.1 Å². The number of hydrogen-bond acceptors (Lipinski definition) is 1. The van der Waals surface area contributed by atoms with Crippen LogP contribution in [0.5, 0.6) is 0 Å². The molecular weight excluding hydrogens is 293 g/mol. The van der Waals surface area contributed by atoms with Crippen LogP contribution in [0.15, 0.2) is 41.1 Å². The minimum absolute atomic E-state index is 0.516. The van der Waals surface area contributed by atoms with E-state index >= 15 is 0 Å². The fraction of sp³-hybridized carbons (Fsp3) is 0. The zero-order valence-corrected chi connectivity index (χ0v) is 10.4. The number of carboxylic acid groups (broad SMARTS) is 1. The summed E-state index contributed by atoms with van der Waals surface area (Å²) in [5.41, 5.74) is 1.73. The molecule has 1 N–H and O–H groups in total. The number of rotatable bonds is 1. The van der Waals surface area contributed by atoms with Gasteiger partial charge in [0.1, 0.15) is 4.60 Å². The number of benzene rings is 1. The molecule has 0 saturated carbocycles. The van der Waals surface area contributed by atoms with E-state index in [-0.39, 0.29) is 0 Å². The van der Waals surface area contributed by atoms with Crippen LogP contribution in [0.2, 0.25) is 5.02 Å². The standard InChI is InChI=1S/C11H7BrClNO2/c12-10-9(5-6-14(10)11(15)16)7-1-3-8(13)4-2-7/h1-6H,(H,15,16). The van der Waals surface area contributed by atoms with Gasteiger partial charge >= 0.3 is 6.09 Å². The number of aromatic nitrogens is 1. The summed E-state index contributed by atoms with van der Waals surface area (Å²) in [7, 11) is 0. The van der Waals surface area contributed by atoms with Crippen LogP contribution in [0.1, 0.15) is 0 Å². The molecule has 0 saturated heterocycles. The van der Waals surface area contributed by atoms with Crippen LogP contribution in [-0.2, 0) is 0 Å². The lowest BCUT2D eigenvalue weighted by atomic mass is 10.1. The first-order valence-electron chi connectivity index (χ1n) is 4.45. The molecule has 0 bridgehead atoms. The Balaban J connectivity index is 2.49. The molecule has 1 aromatic carbocycles. The normalized spacial score (nSPS) is 10.4. The molecule has 0 aliphatic rings. The average molecular weight is 301 g/mol. The summed E-state index contributed by atoms with van der Waals surface area (Å²) >= 11 is 9.04. The fourth-order valence-electron chi connectivity index (χ4n) is 1.41. The maximum absolute atomic E-state index is 10.8. The predicted molar refractivity (Wildman–Crippen MR) is 66.0 cm³/mol. The maximum atomic E-state index is 10.8. The van der Waals surface area contributed by atoms with E-state index in [1.54, 1.807) is 18.2 Å². The van der Waals surface area contributed by atoms with Gasteiger partial charge in [-0.05, 0) is 39.7 Å². The van der Waals surface area contributed by atoms with Crippen molar-refractivity contribution in [3.05, 3.63) is 46.2 Å². The molecule has 0 amide bonds. The van der Waals surface area contributed by atoms with Gasteiger partial charge in [-0.1, -0.05) is 23.7 Å². The molecule has 0 aliphatic carbocycles. The zero-order valence-electron chi connectivity index (χ0n) is 8.02. The van der Waals surface area contributed by atoms with Crippen LogP contribution in [-0.4, -0.2) is 15.8 Å². The van der Waals surface area contributed by atoms with E-state index in [1.165, 1.54) is 6.20 Å². The third-order valence-corrected chi connectivity index (χ3v) is 3.25. The summed E-state index contributed by atoms with van der Waals surface area (Å²) in [6.45, 7) is 0. The minimum Gasteiger partial charge on any atom is -0.464 e. The first-order chi connectivity index (χ1) is 7.59. The molecule has 0 atom stereocenters. The Kier molecular flexibility index (Phi) is 3.03. The van der Waals surface area contributed by atoms with Gasteiger partial charge in [0.05, 0.1) is 0 Å². The van der Waals surface area contributed by atoms with Gasteiger partial charge in [0.15, 0.2) is 0 Å². The zero-order chi connectivity index (χ0) is 11.7. The van der Waals surface area contributed by atoms with Crippen molar-refractivity contribution in [2.75, 3.05) is 0 Å². The van der Waals surface area contributed by atoms with Crippen molar-refractivity contribution in [1.82, 2.24) is 4.57 Å². The quantitative estimate of drug-likeness (QED) is 0.861.